The highest BCUT2D eigenvalue weighted by Crippen LogP contribution is 2.26. The van der Waals surface area contributed by atoms with Crippen LogP contribution >= 0.6 is 11.6 Å². The fourth-order valence-electron chi connectivity index (χ4n) is 2.26. The molecule has 0 saturated carbocycles. The van der Waals surface area contributed by atoms with E-state index in [1.54, 1.807) is 6.20 Å². The highest BCUT2D eigenvalue weighted by Gasteiger charge is 2.06. The van der Waals surface area contributed by atoms with E-state index in [2.05, 4.69) is 16.4 Å². The van der Waals surface area contributed by atoms with E-state index in [0.29, 0.717) is 17.1 Å². The molecular formula is C17H12ClN3. The van der Waals surface area contributed by atoms with Crippen LogP contribution in [0, 0.1) is 11.3 Å². The Kier molecular flexibility index (Phi) is 3.72. The maximum absolute atomic E-state index is 9.12. The molecule has 4 heteroatoms. The molecule has 0 bridgehead atoms. The lowest BCUT2D eigenvalue weighted by atomic mass is 10.1. The predicted octanol–water partition coefficient (Wildman–Crippen LogP) is 4.37. The third-order valence-corrected chi connectivity index (χ3v) is 3.49. The molecule has 3 nitrogen and oxygen atoms in total. The summed E-state index contributed by atoms with van der Waals surface area (Å²) in [6.07, 6.45) is 1.75. The number of hydrogen-bond acceptors (Lipinski definition) is 3. The van der Waals surface area contributed by atoms with E-state index in [9.17, 15) is 0 Å². The van der Waals surface area contributed by atoms with Gasteiger partial charge < -0.3 is 5.32 Å². The van der Waals surface area contributed by atoms with E-state index < -0.39 is 0 Å². The van der Waals surface area contributed by atoms with Gasteiger partial charge in [-0.1, -0.05) is 35.9 Å². The van der Waals surface area contributed by atoms with Gasteiger partial charge in [0.2, 0.25) is 0 Å². The molecule has 1 heterocycles. The van der Waals surface area contributed by atoms with Gasteiger partial charge in [0.05, 0.1) is 22.8 Å². The summed E-state index contributed by atoms with van der Waals surface area (Å²) in [6.45, 7) is 0.551. The molecule has 0 unspecified atom stereocenters. The van der Waals surface area contributed by atoms with Crippen LogP contribution in [0.2, 0.25) is 5.02 Å². The fraction of sp³-hybridized carbons (Fsp3) is 0.0588. The largest absolute Gasteiger partial charge is 0.379 e. The van der Waals surface area contributed by atoms with E-state index in [1.807, 2.05) is 48.5 Å². The Bertz CT molecular complexity index is 837. The van der Waals surface area contributed by atoms with E-state index in [1.165, 1.54) is 0 Å². The number of halogens is 1. The van der Waals surface area contributed by atoms with Gasteiger partial charge in [-0.3, -0.25) is 4.98 Å². The average molecular weight is 294 g/mol. The molecule has 3 aromatic rings. The minimum absolute atomic E-state index is 0.551. The first-order valence-corrected chi connectivity index (χ1v) is 6.92. The Morgan fingerprint density at radius 2 is 2.00 bits per heavy atom. The van der Waals surface area contributed by atoms with Crippen molar-refractivity contribution in [2.45, 2.75) is 6.54 Å². The molecule has 1 N–H and O–H groups in total. The molecule has 0 spiro atoms. The lowest BCUT2D eigenvalue weighted by Gasteiger charge is -2.11. The molecule has 1 aromatic heterocycles. The van der Waals surface area contributed by atoms with Gasteiger partial charge in [-0.2, -0.15) is 5.26 Å². The zero-order chi connectivity index (χ0) is 14.7. The molecule has 0 aliphatic rings. The Morgan fingerprint density at radius 1 is 1.14 bits per heavy atom. The van der Waals surface area contributed by atoms with Gasteiger partial charge in [0.1, 0.15) is 0 Å². The van der Waals surface area contributed by atoms with Crippen molar-refractivity contribution in [1.29, 1.82) is 5.26 Å². The minimum atomic E-state index is 0.551. The van der Waals surface area contributed by atoms with Crippen LogP contribution in [0.5, 0.6) is 0 Å². The molecule has 0 aliphatic heterocycles. The van der Waals surface area contributed by atoms with Crippen molar-refractivity contribution in [2.24, 2.45) is 0 Å². The number of nitriles is 1. The Labute approximate surface area is 127 Å². The first kappa shape index (κ1) is 13.4. The maximum Gasteiger partial charge on any atom is 0.0995 e. The highest BCUT2D eigenvalue weighted by atomic mass is 35.5. The topological polar surface area (TPSA) is 48.7 Å². The number of pyridine rings is 1. The number of aromatic nitrogens is 1. The van der Waals surface area contributed by atoms with Crippen LogP contribution in [-0.2, 0) is 6.54 Å². The third kappa shape index (κ3) is 2.81. The molecule has 102 valence electrons. The molecule has 0 radical (unpaired) electrons. The molecule has 21 heavy (non-hydrogen) atoms. The highest BCUT2D eigenvalue weighted by molar-refractivity contribution is 6.31. The van der Waals surface area contributed by atoms with Crippen LogP contribution in [0.3, 0.4) is 0 Å². The molecule has 0 atom stereocenters. The summed E-state index contributed by atoms with van der Waals surface area (Å²) >= 11 is 6.14. The molecule has 0 fully saturated rings. The normalized spacial score (nSPS) is 10.3. The Morgan fingerprint density at radius 3 is 2.86 bits per heavy atom. The summed E-state index contributed by atoms with van der Waals surface area (Å²) < 4.78 is 0. The van der Waals surface area contributed by atoms with Crippen LogP contribution in [0.25, 0.3) is 10.9 Å². The van der Waals surface area contributed by atoms with Gasteiger partial charge >= 0.3 is 0 Å². The second kappa shape index (κ2) is 5.82. The zero-order valence-electron chi connectivity index (χ0n) is 11.2. The van der Waals surface area contributed by atoms with E-state index in [0.717, 1.165) is 22.2 Å². The summed E-state index contributed by atoms with van der Waals surface area (Å²) in [5.74, 6) is 0. The lowest BCUT2D eigenvalue weighted by molar-refractivity contribution is 1.14. The number of nitrogens with zero attached hydrogens (tertiary/aromatic N) is 2. The number of anilines is 1. The van der Waals surface area contributed by atoms with Crippen LogP contribution in [0.1, 0.15) is 11.1 Å². The van der Waals surface area contributed by atoms with Crippen LogP contribution in [-0.4, -0.2) is 4.98 Å². The number of hydrogen-bond donors (Lipinski definition) is 1. The number of rotatable bonds is 3. The smallest absolute Gasteiger partial charge is 0.0995 e. The van der Waals surface area contributed by atoms with Crippen molar-refractivity contribution in [1.82, 2.24) is 4.98 Å². The first-order chi connectivity index (χ1) is 10.3. The lowest BCUT2D eigenvalue weighted by Crippen LogP contribution is -2.02. The van der Waals surface area contributed by atoms with Crippen molar-refractivity contribution in [3.63, 3.8) is 0 Å². The molecule has 2 aromatic carbocycles. The van der Waals surface area contributed by atoms with Crippen molar-refractivity contribution in [3.8, 4) is 6.07 Å². The summed E-state index contributed by atoms with van der Waals surface area (Å²) in [6, 6.07) is 17.3. The van der Waals surface area contributed by atoms with E-state index in [-0.39, 0.29) is 0 Å². The maximum atomic E-state index is 9.12. The summed E-state index contributed by atoms with van der Waals surface area (Å²) in [4.78, 5) is 4.39. The predicted molar refractivity (Wildman–Crippen MR) is 85.2 cm³/mol. The molecule has 0 saturated heterocycles. The van der Waals surface area contributed by atoms with Gasteiger partial charge in [-0.15, -0.1) is 0 Å². The standard InChI is InChI=1S/C17H12ClN3/c18-15-8-12-6-3-7-20-17(12)16(9-15)21-11-14-5-2-1-4-13(14)10-19/h1-9,21H,11H2. The van der Waals surface area contributed by atoms with Gasteiger partial charge in [0, 0.05) is 23.2 Å². The van der Waals surface area contributed by atoms with Crippen molar-refractivity contribution in [2.75, 3.05) is 5.32 Å². The van der Waals surface area contributed by atoms with Gasteiger partial charge in [-0.05, 0) is 29.8 Å². The third-order valence-electron chi connectivity index (χ3n) is 3.28. The molecule has 0 amide bonds. The Hall–Kier alpha value is -2.57. The quantitative estimate of drug-likeness (QED) is 0.780. The number of nitrogens with one attached hydrogen (secondary N) is 1. The summed E-state index contributed by atoms with van der Waals surface area (Å²) in [7, 11) is 0. The molecule has 3 rings (SSSR count). The molecule has 0 aliphatic carbocycles. The van der Waals surface area contributed by atoms with Crippen LogP contribution in [0.4, 0.5) is 5.69 Å². The molecular weight excluding hydrogens is 282 g/mol. The second-order valence-corrected chi connectivity index (χ2v) is 5.09. The average Bonchev–Trinajstić information content (AvgIpc) is 2.52. The summed E-state index contributed by atoms with van der Waals surface area (Å²) in [5, 5.41) is 14.1. The summed E-state index contributed by atoms with van der Waals surface area (Å²) in [5.41, 5.74) is 3.36. The van der Waals surface area contributed by atoms with Crippen molar-refractivity contribution < 1.29 is 0 Å². The first-order valence-electron chi connectivity index (χ1n) is 6.54. The fourth-order valence-corrected chi connectivity index (χ4v) is 2.49. The van der Waals surface area contributed by atoms with E-state index >= 15 is 0 Å². The SMILES string of the molecule is N#Cc1ccccc1CNc1cc(Cl)cc2cccnc12. The van der Waals surface area contributed by atoms with Crippen molar-refractivity contribution >= 4 is 28.2 Å². The Balaban J connectivity index is 1.94. The van der Waals surface area contributed by atoms with Gasteiger partial charge in [0.15, 0.2) is 0 Å². The number of fused-ring (bicyclic) bond motifs is 1. The van der Waals surface area contributed by atoms with E-state index in [4.69, 9.17) is 16.9 Å². The van der Waals surface area contributed by atoms with Gasteiger partial charge in [-0.25, -0.2) is 0 Å². The van der Waals surface area contributed by atoms with Crippen molar-refractivity contribution in [3.05, 3.63) is 70.9 Å². The van der Waals surface area contributed by atoms with Crippen LogP contribution < -0.4 is 5.32 Å². The minimum Gasteiger partial charge on any atom is -0.379 e. The number of benzene rings is 2. The second-order valence-electron chi connectivity index (χ2n) is 4.65. The monoisotopic (exact) mass is 293 g/mol. The van der Waals surface area contributed by atoms with Gasteiger partial charge in [0.25, 0.3) is 0 Å². The zero-order valence-corrected chi connectivity index (χ0v) is 11.9. The van der Waals surface area contributed by atoms with Crippen LogP contribution in [0.15, 0.2) is 54.7 Å².